The number of benzene rings is 1. The van der Waals surface area contributed by atoms with Crippen molar-refractivity contribution >= 4 is 17.4 Å². The van der Waals surface area contributed by atoms with Gasteiger partial charge in [0.2, 0.25) is 0 Å². The number of halogens is 1. The van der Waals surface area contributed by atoms with Gasteiger partial charge in [-0.3, -0.25) is 4.79 Å². The van der Waals surface area contributed by atoms with Crippen LogP contribution < -0.4 is 0 Å². The Kier molecular flexibility index (Phi) is 2.52. The lowest BCUT2D eigenvalue weighted by Crippen LogP contribution is -1.97. The SMILES string of the molecule is C#Cc1cccc(Cl)c1C(C)=O. The monoisotopic (exact) mass is 178 g/mol. The van der Waals surface area contributed by atoms with E-state index in [0.29, 0.717) is 16.1 Å². The van der Waals surface area contributed by atoms with E-state index in [1.54, 1.807) is 18.2 Å². The van der Waals surface area contributed by atoms with E-state index in [2.05, 4.69) is 5.92 Å². The molecule has 0 spiro atoms. The van der Waals surface area contributed by atoms with Gasteiger partial charge < -0.3 is 0 Å². The zero-order valence-electron chi connectivity index (χ0n) is 6.60. The Bertz CT molecular complexity index is 361. The van der Waals surface area contributed by atoms with E-state index in [1.807, 2.05) is 0 Å². The van der Waals surface area contributed by atoms with E-state index in [1.165, 1.54) is 6.92 Å². The van der Waals surface area contributed by atoms with E-state index in [9.17, 15) is 4.79 Å². The molecule has 0 atom stereocenters. The predicted molar refractivity (Wildman–Crippen MR) is 49.4 cm³/mol. The summed E-state index contributed by atoms with van der Waals surface area (Å²) in [7, 11) is 0. The summed E-state index contributed by atoms with van der Waals surface area (Å²) in [5.74, 6) is 2.31. The molecule has 0 aliphatic carbocycles. The van der Waals surface area contributed by atoms with Crippen molar-refractivity contribution in [3.63, 3.8) is 0 Å². The quantitative estimate of drug-likeness (QED) is 0.477. The molecule has 2 heteroatoms. The van der Waals surface area contributed by atoms with Crippen LogP contribution in [0.3, 0.4) is 0 Å². The molecule has 0 aliphatic heterocycles. The second-order valence-corrected chi connectivity index (χ2v) is 2.77. The van der Waals surface area contributed by atoms with Crippen LogP contribution in [0.4, 0.5) is 0 Å². The summed E-state index contributed by atoms with van der Waals surface area (Å²) in [6.07, 6.45) is 5.20. The summed E-state index contributed by atoms with van der Waals surface area (Å²) in [4.78, 5) is 11.1. The molecule has 12 heavy (non-hydrogen) atoms. The lowest BCUT2D eigenvalue weighted by atomic mass is 10.1. The highest BCUT2D eigenvalue weighted by Gasteiger charge is 2.08. The van der Waals surface area contributed by atoms with Gasteiger partial charge in [0.25, 0.3) is 0 Å². The minimum Gasteiger partial charge on any atom is -0.294 e. The third-order valence-corrected chi connectivity index (χ3v) is 1.84. The Morgan fingerprint density at radius 3 is 2.67 bits per heavy atom. The molecule has 0 aliphatic rings. The van der Waals surface area contributed by atoms with Gasteiger partial charge >= 0.3 is 0 Å². The topological polar surface area (TPSA) is 17.1 Å². The zero-order chi connectivity index (χ0) is 9.14. The van der Waals surface area contributed by atoms with E-state index >= 15 is 0 Å². The normalized spacial score (nSPS) is 9.08. The maximum Gasteiger partial charge on any atom is 0.162 e. The summed E-state index contributed by atoms with van der Waals surface area (Å²) < 4.78 is 0. The summed E-state index contributed by atoms with van der Waals surface area (Å²) in [5, 5.41) is 0.415. The van der Waals surface area contributed by atoms with Crippen molar-refractivity contribution in [2.45, 2.75) is 6.92 Å². The van der Waals surface area contributed by atoms with Crippen molar-refractivity contribution in [2.24, 2.45) is 0 Å². The van der Waals surface area contributed by atoms with Gasteiger partial charge in [0.05, 0.1) is 10.6 Å². The van der Waals surface area contributed by atoms with Crippen molar-refractivity contribution in [3.8, 4) is 12.3 Å². The van der Waals surface area contributed by atoms with Crippen LogP contribution in [0.25, 0.3) is 0 Å². The molecule has 0 heterocycles. The van der Waals surface area contributed by atoms with Crippen molar-refractivity contribution in [1.82, 2.24) is 0 Å². The van der Waals surface area contributed by atoms with Crippen LogP contribution in [0.2, 0.25) is 5.02 Å². The molecule has 1 nitrogen and oxygen atoms in total. The molecular formula is C10H7ClO. The highest BCUT2D eigenvalue weighted by atomic mass is 35.5. The molecule has 1 aromatic carbocycles. The van der Waals surface area contributed by atoms with Crippen LogP contribution in [0.5, 0.6) is 0 Å². The molecule has 0 bridgehead atoms. The largest absolute Gasteiger partial charge is 0.294 e. The van der Waals surface area contributed by atoms with Gasteiger partial charge in [-0.15, -0.1) is 6.42 Å². The highest BCUT2D eigenvalue weighted by Crippen LogP contribution is 2.19. The molecule has 0 unspecified atom stereocenters. The number of terminal acetylenes is 1. The first-order chi connectivity index (χ1) is 5.66. The van der Waals surface area contributed by atoms with Crippen LogP contribution in [-0.2, 0) is 0 Å². The van der Waals surface area contributed by atoms with Crippen LogP contribution in [-0.4, -0.2) is 5.78 Å². The van der Waals surface area contributed by atoms with Crippen molar-refractivity contribution in [3.05, 3.63) is 34.3 Å². The first-order valence-electron chi connectivity index (χ1n) is 3.43. The Morgan fingerprint density at radius 2 is 2.25 bits per heavy atom. The van der Waals surface area contributed by atoms with Gasteiger partial charge in [-0.05, 0) is 19.1 Å². The van der Waals surface area contributed by atoms with Crippen LogP contribution in [0.15, 0.2) is 18.2 Å². The van der Waals surface area contributed by atoms with Crippen molar-refractivity contribution in [2.75, 3.05) is 0 Å². The average Bonchev–Trinajstić information content (AvgIpc) is 2.03. The Balaban J connectivity index is 3.42. The Labute approximate surface area is 76.4 Å². The second kappa shape index (κ2) is 3.42. The lowest BCUT2D eigenvalue weighted by molar-refractivity contribution is 0.101. The summed E-state index contributed by atoms with van der Waals surface area (Å²) in [6.45, 7) is 1.45. The Hall–Kier alpha value is -1.26. The second-order valence-electron chi connectivity index (χ2n) is 2.36. The number of ketones is 1. The van der Waals surface area contributed by atoms with Gasteiger partial charge in [-0.25, -0.2) is 0 Å². The fourth-order valence-corrected chi connectivity index (χ4v) is 1.31. The number of Topliss-reactive ketones (excluding diaryl/α,β-unsaturated/α-hetero) is 1. The van der Waals surface area contributed by atoms with E-state index in [4.69, 9.17) is 18.0 Å². The fraction of sp³-hybridized carbons (Fsp3) is 0.100. The van der Waals surface area contributed by atoms with Crippen LogP contribution in [0.1, 0.15) is 22.8 Å². The first kappa shape index (κ1) is 8.83. The van der Waals surface area contributed by atoms with Gasteiger partial charge in [0, 0.05) is 5.56 Å². The van der Waals surface area contributed by atoms with Crippen molar-refractivity contribution < 1.29 is 4.79 Å². The van der Waals surface area contributed by atoms with Gasteiger partial charge in [-0.2, -0.15) is 0 Å². The molecule has 0 aromatic heterocycles. The van der Waals surface area contributed by atoms with E-state index in [0.717, 1.165) is 0 Å². The van der Waals surface area contributed by atoms with Gasteiger partial charge in [0.15, 0.2) is 5.78 Å². The van der Waals surface area contributed by atoms with Crippen LogP contribution >= 0.6 is 11.6 Å². The van der Waals surface area contributed by atoms with E-state index in [-0.39, 0.29) is 5.78 Å². The molecule has 0 N–H and O–H groups in total. The number of carbonyl (C=O) groups is 1. The smallest absolute Gasteiger partial charge is 0.162 e. The third kappa shape index (κ3) is 1.49. The molecule has 60 valence electrons. The first-order valence-corrected chi connectivity index (χ1v) is 3.80. The average molecular weight is 179 g/mol. The minimum atomic E-state index is -0.103. The third-order valence-electron chi connectivity index (χ3n) is 1.52. The summed E-state index contributed by atoms with van der Waals surface area (Å²) in [6, 6.07) is 5.08. The van der Waals surface area contributed by atoms with Gasteiger partial charge in [-0.1, -0.05) is 23.6 Å². The molecule has 0 saturated heterocycles. The Morgan fingerprint density at radius 1 is 1.58 bits per heavy atom. The maximum atomic E-state index is 11.1. The van der Waals surface area contributed by atoms with E-state index < -0.39 is 0 Å². The summed E-state index contributed by atoms with van der Waals surface area (Å²) in [5.41, 5.74) is 0.983. The molecule has 1 aromatic rings. The van der Waals surface area contributed by atoms with Crippen LogP contribution in [0, 0.1) is 12.3 Å². The molecular weight excluding hydrogens is 172 g/mol. The molecule has 0 saturated carbocycles. The number of hydrogen-bond acceptors (Lipinski definition) is 1. The predicted octanol–water partition coefficient (Wildman–Crippen LogP) is 2.52. The molecule has 0 amide bonds. The number of carbonyl (C=O) groups excluding carboxylic acids is 1. The molecule has 0 fully saturated rings. The number of hydrogen-bond donors (Lipinski definition) is 0. The highest BCUT2D eigenvalue weighted by molar-refractivity contribution is 6.34. The minimum absolute atomic E-state index is 0.103. The molecule has 1 rings (SSSR count). The standard InChI is InChI=1S/C10H7ClO/c1-3-8-5-4-6-9(11)10(8)7(2)12/h1,4-6H,2H3. The molecule has 0 radical (unpaired) electrons. The lowest BCUT2D eigenvalue weighted by Gasteiger charge is -2.01. The zero-order valence-corrected chi connectivity index (χ0v) is 7.35. The summed E-state index contributed by atoms with van der Waals surface area (Å²) >= 11 is 5.79. The maximum absolute atomic E-state index is 11.1. The number of rotatable bonds is 1. The fourth-order valence-electron chi connectivity index (χ4n) is 1.00. The van der Waals surface area contributed by atoms with Gasteiger partial charge in [0.1, 0.15) is 0 Å². The van der Waals surface area contributed by atoms with Crippen molar-refractivity contribution in [1.29, 1.82) is 0 Å².